The van der Waals surface area contributed by atoms with E-state index in [-0.39, 0.29) is 5.78 Å². The van der Waals surface area contributed by atoms with Crippen molar-refractivity contribution in [2.75, 3.05) is 0 Å². The van der Waals surface area contributed by atoms with E-state index in [1.54, 1.807) is 25.3 Å². The monoisotopic (exact) mass is 265 g/mol. The molecule has 0 aliphatic rings. The highest BCUT2D eigenvalue weighted by Crippen LogP contribution is 2.29. The Morgan fingerprint density at radius 3 is 3.00 bits per heavy atom. The van der Waals surface area contributed by atoms with Gasteiger partial charge in [-0.25, -0.2) is 9.97 Å². The third-order valence-electron chi connectivity index (χ3n) is 2.10. The summed E-state index contributed by atoms with van der Waals surface area (Å²) in [5, 5.41) is 0.693. The highest BCUT2D eigenvalue weighted by Gasteiger charge is 2.12. The summed E-state index contributed by atoms with van der Waals surface area (Å²) < 4.78 is 5.02. The van der Waals surface area contributed by atoms with Gasteiger partial charge in [0.25, 0.3) is 0 Å². The highest BCUT2D eigenvalue weighted by atomic mass is 32.2. The molecular formula is C11H11N3OS2. The average Bonchev–Trinajstić information content (AvgIpc) is 2.77. The number of aromatic nitrogens is 3. The van der Waals surface area contributed by atoms with Gasteiger partial charge in [0, 0.05) is 18.2 Å². The van der Waals surface area contributed by atoms with Gasteiger partial charge in [-0.3, -0.25) is 4.79 Å². The first-order valence-electron chi connectivity index (χ1n) is 5.17. The van der Waals surface area contributed by atoms with Crippen molar-refractivity contribution < 1.29 is 4.79 Å². The number of aryl methyl sites for hydroxylation is 1. The molecule has 0 amide bonds. The van der Waals surface area contributed by atoms with E-state index < -0.39 is 0 Å². The number of rotatable bonds is 4. The third kappa shape index (κ3) is 2.89. The van der Waals surface area contributed by atoms with Gasteiger partial charge in [0.2, 0.25) is 0 Å². The van der Waals surface area contributed by atoms with Crippen LogP contribution in [0.5, 0.6) is 0 Å². The summed E-state index contributed by atoms with van der Waals surface area (Å²) in [6.07, 6.45) is 2.50. The second-order valence-electron chi connectivity index (χ2n) is 3.34. The summed E-state index contributed by atoms with van der Waals surface area (Å²) in [5.74, 6) is 0.846. The van der Waals surface area contributed by atoms with Crippen LogP contribution in [0.4, 0.5) is 0 Å². The fourth-order valence-electron chi connectivity index (χ4n) is 1.25. The van der Waals surface area contributed by atoms with E-state index in [0.717, 1.165) is 16.6 Å². The Labute approximate surface area is 108 Å². The fourth-order valence-corrected chi connectivity index (χ4v) is 2.99. The van der Waals surface area contributed by atoms with Crippen LogP contribution in [0.25, 0.3) is 0 Å². The minimum absolute atomic E-state index is 0.0147. The molecule has 2 rings (SSSR count). The van der Waals surface area contributed by atoms with E-state index in [1.165, 1.54) is 23.3 Å². The highest BCUT2D eigenvalue weighted by molar-refractivity contribution is 8.01. The van der Waals surface area contributed by atoms with Gasteiger partial charge in [-0.05, 0) is 42.4 Å². The summed E-state index contributed by atoms with van der Waals surface area (Å²) in [6.45, 7) is 3.55. The van der Waals surface area contributed by atoms with Crippen molar-refractivity contribution in [3.05, 3.63) is 29.7 Å². The van der Waals surface area contributed by atoms with E-state index in [2.05, 4.69) is 14.3 Å². The summed E-state index contributed by atoms with van der Waals surface area (Å²) in [7, 11) is 0. The molecule has 0 bridgehead atoms. The normalized spacial score (nSPS) is 10.5. The van der Waals surface area contributed by atoms with Crippen LogP contribution < -0.4 is 0 Å². The Kier molecular flexibility index (Phi) is 3.86. The number of hydrogen-bond donors (Lipinski definition) is 0. The zero-order valence-electron chi connectivity index (χ0n) is 9.51. The van der Waals surface area contributed by atoms with Crippen molar-refractivity contribution in [1.29, 1.82) is 0 Å². The van der Waals surface area contributed by atoms with Gasteiger partial charge >= 0.3 is 0 Å². The first-order chi connectivity index (χ1) is 8.20. The summed E-state index contributed by atoms with van der Waals surface area (Å²) in [5.41, 5.74) is 0.630. The maximum atomic E-state index is 11.4. The molecule has 0 unspecified atom stereocenters. The van der Waals surface area contributed by atoms with Crippen LogP contribution in [0.3, 0.4) is 0 Å². The smallest absolute Gasteiger partial charge is 0.176 e. The van der Waals surface area contributed by atoms with Crippen molar-refractivity contribution >= 4 is 29.1 Å². The van der Waals surface area contributed by atoms with Crippen molar-refractivity contribution in [2.24, 2.45) is 0 Å². The molecule has 0 saturated carbocycles. The number of Topliss-reactive ketones (excluding diaryl/α,β-unsaturated/α-hetero) is 1. The third-order valence-corrected chi connectivity index (χ3v) is 3.91. The molecule has 2 aromatic heterocycles. The molecule has 0 atom stereocenters. The van der Waals surface area contributed by atoms with Crippen molar-refractivity contribution in [1.82, 2.24) is 14.3 Å². The van der Waals surface area contributed by atoms with Gasteiger partial charge < -0.3 is 0 Å². The van der Waals surface area contributed by atoms with Gasteiger partial charge in [-0.2, -0.15) is 4.37 Å². The van der Waals surface area contributed by atoms with Gasteiger partial charge in [0.05, 0.1) is 0 Å². The Morgan fingerprint density at radius 1 is 1.53 bits per heavy atom. The van der Waals surface area contributed by atoms with Crippen LogP contribution in [0, 0.1) is 0 Å². The largest absolute Gasteiger partial charge is 0.294 e. The molecular weight excluding hydrogens is 254 g/mol. The molecule has 0 saturated heterocycles. The van der Waals surface area contributed by atoms with E-state index in [9.17, 15) is 4.79 Å². The quantitative estimate of drug-likeness (QED) is 0.796. The van der Waals surface area contributed by atoms with Crippen LogP contribution in [0.2, 0.25) is 0 Å². The first kappa shape index (κ1) is 12.2. The van der Waals surface area contributed by atoms with E-state index in [4.69, 9.17) is 0 Å². The average molecular weight is 265 g/mol. The summed E-state index contributed by atoms with van der Waals surface area (Å²) in [4.78, 5) is 20.0. The predicted molar refractivity (Wildman–Crippen MR) is 67.7 cm³/mol. The van der Waals surface area contributed by atoms with Crippen LogP contribution >= 0.6 is 23.3 Å². The summed E-state index contributed by atoms with van der Waals surface area (Å²) in [6, 6.07) is 3.54. The lowest BCUT2D eigenvalue weighted by molar-refractivity contribution is 0.101. The van der Waals surface area contributed by atoms with Crippen molar-refractivity contribution in [3.8, 4) is 0 Å². The molecule has 17 heavy (non-hydrogen) atoms. The number of nitrogens with zero attached hydrogens (tertiary/aromatic N) is 3. The van der Waals surface area contributed by atoms with E-state index in [0.29, 0.717) is 10.6 Å². The Balaban J connectivity index is 2.26. The molecule has 0 fully saturated rings. The standard InChI is InChI=1S/C11H11N3OS2/c1-3-9-13-11(17-14-9)16-10-8(7(2)15)5-4-6-12-10/h4-6H,3H2,1-2H3. The number of carbonyl (C=O) groups is 1. The molecule has 0 aromatic carbocycles. The lowest BCUT2D eigenvalue weighted by atomic mass is 10.2. The molecule has 0 spiro atoms. The summed E-state index contributed by atoms with van der Waals surface area (Å²) >= 11 is 2.73. The van der Waals surface area contributed by atoms with Gasteiger partial charge in [0.15, 0.2) is 10.1 Å². The molecule has 0 aliphatic heterocycles. The van der Waals surface area contributed by atoms with Crippen molar-refractivity contribution in [2.45, 2.75) is 29.6 Å². The molecule has 2 aromatic rings. The van der Waals surface area contributed by atoms with Crippen molar-refractivity contribution in [3.63, 3.8) is 0 Å². The maximum absolute atomic E-state index is 11.4. The van der Waals surface area contributed by atoms with Gasteiger partial charge in [0.1, 0.15) is 10.9 Å². The van der Waals surface area contributed by atoms with Gasteiger partial charge in [-0.15, -0.1) is 0 Å². The zero-order chi connectivity index (χ0) is 12.3. The van der Waals surface area contributed by atoms with Crippen LogP contribution in [-0.4, -0.2) is 20.1 Å². The minimum Gasteiger partial charge on any atom is -0.294 e. The van der Waals surface area contributed by atoms with Crippen LogP contribution in [0.1, 0.15) is 30.0 Å². The van der Waals surface area contributed by atoms with Crippen LogP contribution in [-0.2, 0) is 6.42 Å². The molecule has 0 aliphatic carbocycles. The Hall–Kier alpha value is -1.27. The van der Waals surface area contributed by atoms with E-state index in [1.807, 2.05) is 6.92 Å². The molecule has 0 radical (unpaired) electrons. The SMILES string of the molecule is CCc1nsc(Sc2ncccc2C(C)=O)n1. The zero-order valence-corrected chi connectivity index (χ0v) is 11.1. The molecule has 0 N–H and O–H groups in total. The second kappa shape index (κ2) is 5.37. The molecule has 6 heteroatoms. The predicted octanol–water partition coefficient (Wildman–Crippen LogP) is 2.85. The lowest BCUT2D eigenvalue weighted by Gasteiger charge is -2.01. The van der Waals surface area contributed by atoms with Crippen LogP contribution in [0.15, 0.2) is 27.7 Å². The number of pyridine rings is 1. The number of hydrogen-bond acceptors (Lipinski definition) is 6. The lowest BCUT2D eigenvalue weighted by Crippen LogP contribution is -1.96. The fraction of sp³-hybridized carbons (Fsp3) is 0.273. The second-order valence-corrected chi connectivity index (χ2v) is 5.33. The maximum Gasteiger partial charge on any atom is 0.176 e. The van der Waals surface area contributed by atoms with E-state index >= 15 is 0 Å². The number of carbonyl (C=O) groups excluding carboxylic acids is 1. The van der Waals surface area contributed by atoms with Gasteiger partial charge in [-0.1, -0.05) is 6.92 Å². The molecule has 4 nitrogen and oxygen atoms in total. The molecule has 2 heterocycles. The number of ketones is 1. The Bertz CT molecular complexity index is 539. The topological polar surface area (TPSA) is 55.7 Å². The Morgan fingerprint density at radius 2 is 2.35 bits per heavy atom. The molecule has 88 valence electrons. The minimum atomic E-state index is 0.0147. The first-order valence-corrected chi connectivity index (χ1v) is 6.76.